The minimum Gasteiger partial charge on any atom is -0.396 e. The zero-order valence-corrected chi connectivity index (χ0v) is 8.97. The molecule has 0 aliphatic carbocycles. The van der Waals surface area contributed by atoms with E-state index in [1.54, 1.807) is 11.3 Å². The second-order valence-corrected chi connectivity index (χ2v) is 4.75. The van der Waals surface area contributed by atoms with Crippen LogP contribution in [0, 0.1) is 0 Å². The highest BCUT2D eigenvalue weighted by Crippen LogP contribution is 2.32. The van der Waals surface area contributed by atoms with Crippen molar-refractivity contribution >= 4 is 38.9 Å². The Kier molecular flexibility index (Phi) is 3.85. The lowest BCUT2D eigenvalue weighted by Crippen LogP contribution is -1.84. The summed E-state index contributed by atoms with van der Waals surface area (Å²) in [5.41, 5.74) is 0. The van der Waals surface area contributed by atoms with Crippen LogP contribution in [0.15, 0.2) is 10.5 Å². The first-order valence-electron chi connectivity index (χ1n) is 3.28. The number of thiophene rings is 1. The maximum absolute atomic E-state index is 8.56. The van der Waals surface area contributed by atoms with Crippen molar-refractivity contribution in [2.24, 2.45) is 0 Å². The van der Waals surface area contributed by atoms with Crippen LogP contribution in [0.4, 0.5) is 0 Å². The van der Waals surface area contributed by atoms with Crippen LogP contribution in [0.3, 0.4) is 0 Å². The molecule has 0 aromatic carbocycles. The van der Waals surface area contributed by atoms with Gasteiger partial charge < -0.3 is 5.11 Å². The normalized spacial score (nSPS) is 10.5. The van der Waals surface area contributed by atoms with Gasteiger partial charge in [-0.05, 0) is 34.8 Å². The lowest BCUT2D eigenvalue weighted by atomic mass is 10.3. The quantitative estimate of drug-likeness (QED) is 0.880. The Morgan fingerprint density at radius 1 is 1.64 bits per heavy atom. The Morgan fingerprint density at radius 3 is 2.82 bits per heavy atom. The number of halogens is 2. The zero-order valence-electron chi connectivity index (χ0n) is 5.81. The molecule has 0 radical (unpaired) electrons. The predicted octanol–water partition coefficient (Wildman–Crippen LogP) is 3.09. The molecule has 1 heterocycles. The number of aliphatic hydroxyl groups excluding tert-OH is 1. The highest BCUT2D eigenvalue weighted by atomic mass is 79.9. The summed E-state index contributed by atoms with van der Waals surface area (Å²) in [7, 11) is 0. The molecule has 0 saturated heterocycles. The molecule has 1 N–H and O–H groups in total. The molecule has 0 bridgehead atoms. The van der Waals surface area contributed by atoms with Crippen LogP contribution < -0.4 is 0 Å². The first-order valence-corrected chi connectivity index (χ1v) is 5.27. The van der Waals surface area contributed by atoms with E-state index in [2.05, 4.69) is 15.9 Å². The molecule has 1 rings (SSSR count). The fourth-order valence-corrected chi connectivity index (χ4v) is 2.60. The summed E-state index contributed by atoms with van der Waals surface area (Å²) < 4.78 is 1.75. The Hall–Kier alpha value is 0.430. The van der Waals surface area contributed by atoms with E-state index in [1.807, 2.05) is 6.07 Å². The minimum absolute atomic E-state index is 0.243. The summed E-state index contributed by atoms with van der Waals surface area (Å²) in [6.45, 7) is 0.243. The van der Waals surface area contributed by atoms with Gasteiger partial charge in [0.2, 0.25) is 0 Å². The maximum atomic E-state index is 8.56. The molecule has 1 aromatic rings. The smallest absolute Gasteiger partial charge is 0.107 e. The monoisotopic (exact) mass is 254 g/mol. The van der Waals surface area contributed by atoms with Crippen molar-refractivity contribution in [3.8, 4) is 0 Å². The van der Waals surface area contributed by atoms with Crippen molar-refractivity contribution in [2.75, 3.05) is 6.61 Å². The molecule has 0 fully saturated rings. The van der Waals surface area contributed by atoms with Crippen LogP contribution in [-0.2, 0) is 6.42 Å². The maximum Gasteiger partial charge on any atom is 0.107 e. The highest BCUT2D eigenvalue weighted by Gasteiger charge is 2.02. The summed E-state index contributed by atoms with van der Waals surface area (Å²) in [6, 6.07) is 2.00. The van der Waals surface area contributed by atoms with Gasteiger partial charge in [-0.1, -0.05) is 11.6 Å². The van der Waals surface area contributed by atoms with Gasteiger partial charge in [0.15, 0.2) is 0 Å². The molecule has 0 aliphatic rings. The van der Waals surface area contributed by atoms with Crippen molar-refractivity contribution < 1.29 is 5.11 Å². The Balaban J connectivity index is 2.58. The molecule has 62 valence electrons. The molecule has 0 spiro atoms. The SMILES string of the molecule is OCCCc1cc(Br)c(Cl)s1. The van der Waals surface area contributed by atoms with Crippen molar-refractivity contribution in [1.82, 2.24) is 0 Å². The third kappa shape index (κ3) is 2.75. The van der Waals surface area contributed by atoms with Gasteiger partial charge in [0.1, 0.15) is 4.34 Å². The van der Waals surface area contributed by atoms with Crippen LogP contribution in [0.2, 0.25) is 4.34 Å². The Labute approximate surface area is 83.1 Å². The van der Waals surface area contributed by atoms with Crippen molar-refractivity contribution in [2.45, 2.75) is 12.8 Å². The Bertz CT molecular complexity index is 217. The van der Waals surface area contributed by atoms with Gasteiger partial charge in [0.05, 0.1) is 0 Å². The average Bonchev–Trinajstić information content (AvgIpc) is 2.28. The van der Waals surface area contributed by atoms with E-state index in [0.29, 0.717) is 0 Å². The topological polar surface area (TPSA) is 20.2 Å². The van der Waals surface area contributed by atoms with E-state index in [9.17, 15) is 0 Å². The summed E-state index contributed by atoms with van der Waals surface area (Å²) in [5, 5.41) is 8.56. The molecule has 1 aromatic heterocycles. The van der Waals surface area contributed by atoms with E-state index in [4.69, 9.17) is 16.7 Å². The van der Waals surface area contributed by atoms with E-state index in [0.717, 1.165) is 21.7 Å². The standard InChI is InChI=1S/C7H8BrClOS/c8-6-4-5(2-1-3-10)11-7(6)9/h4,10H,1-3H2. The van der Waals surface area contributed by atoms with Gasteiger partial charge in [-0.25, -0.2) is 0 Å². The molecule has 0 unspecified atom stereocenters. The van der Waals surface area contributed by atoms with Crippen molar-refractivity contribution in [1.29, 1.82) is 0 Å². The van der Waals surface area contributed by atoms with Crippen LogP contribution in [0.5, 0.6) is 0 Å². The number of hydrogen-bond acceptors (Lipinski definition) is 2. The third-order valence-corrected chi connectivity index (χ3v) is 3.81. The molecular weight excluding hydrogens is 248 g/mol. The molecule has 11 heavy (non-hydrogen) atoms. The fourth-order valence-electron chi connectivity index (χ4n) is 0.768. The lowest BCUT2D eigenvalue weighted by molar-refractivity contribution is 0.289. The first kappa shape index (κ1) is 9.52. The minimum atomic E-state index is 0.243. The third-order valence-electron chi connectivity index (χ3n) is 1.28. The van der Waals surface area contributed by atoms with E-state index in [-0.39, 0.29) is 6.61 Å². The van der Waals surface area contributed by atoms with E-state index < -0.39 is 0 Å². The average molecular weight is 256 g/mol. The fraction of sp³-hybridized carbons (Fsp3) is 0.429. The van der Waals surface area contributed by atoms with Gasteiger partial charge >= 0.3 is 0 Å². The van der Waals surface area contributed by atoms with Crippen LogP contribution in [0.25, 0.3) is 0 Å². The first-order chi connectivity index (χ1) is 5.24. The molecule has 0 aliphatic heterocycles. The van der Waals surface area contributed by atoms with Crippen molar-refractivity contribution in [3.63, 3.8) is 0 Å². The predicted molar refractivity (Wildman–Crippen MR) is 52.4 cm³/mol. The number of hydrogen-bond donors (Lipinski definition) is 1. The number of aliphatic hydroxyl groups is 1. The number of rotatable bonds is 3. The van der Waals surface area contributed by atoms with E-state index in [1.165, 1.54) is 4.88 Å². The molecule has 1 nitrogen and oxygen atoms in total. The largest absolute Gasteiger partial charge is 0.396 e. The number of aryl methyl sites for hydroxylation is 1. The van der Waals surface area contributed by atoms with Crippen molar-refractivity contribution in [3.05, 3.63) is 19.8 Å². The summed E-state index contributed by atoms with van der Waals surface area (Å²) >= 11 is 10.7. The summed E-state index contributed by atoms with van der Waals surface area (Å²) in [4.78, 5) is 1.22. The molecule has 0 atom stereocenters. The molecule has 0 saturated carbocycles. The second-order valence-electron chi connectivity index (χ2n) is 2.16. The summed E-state index contributed by atoms with van der Waals surface area (Å²) in [6.07, 6.45) is 1.72. The van der Waals surface area contributed by atoms with Gasteiger partial charge in [0.25, 0.3) is 0 Å². The van der Waals surface area contributed by atoms with Gasteiger partial charge in [-0.3, -0.25) is 0 Å². The molecule has 4 heteroatoms. The van der Waals surface area contributed by atoms with Gasteiger partial charge in [0, 0.05) is 16.0 Å². The highest BCUT2D eigenvalue weighted by molar-refractivity contribution is 9.10. The van der Waals surface area contributed by atoms with Gasteiger partial charge in [-0.15, -0.1) is 11.3 Å². The molecule has 0 amide bonds. The van der Waals surface area contributed by atoms with Crippen LogP contribution >= 0.6 is 38.9 Å². The lowest BCUT2D eigenvalue weighted by Gasteiger charge is -1.90. The van der Waals surface area contributed by atoms with Crippen LogP contribution in [-0.4, -0.2) is 11.7 Å². The van der Waals surface area contributed by atoms with E-state index >= 15 is 0 Å². The summed E-state index contributed by atoms with van der Waals surface area (Å²) in [5.74, 6) is 0. The molecular formula is C7H8BrClOS. The Morgan fingerprint density at radius 2 is 2.36 bits per heavy atom. The van der Waals surface area contributed by atoms with Crippen LogP contribution in [0.1, 0.15) is 11.3 Å². The van der Waals surface area contributed by atoms with Gasteiger partial charge in [-0.2, -0.15) is 0 Å². The second kappa shape index (κ2) is 4.45. The zero-order chi connectivity index (χ0) is 8.27.